The number of rotatable bonds is 11. The summed E-state index contributed by atoms with van der Waals surface area (Å²) in [7, 11) is 0. The second-order valence-electron chi connectivity index (χ2n) is 10.1. The van der Waals surface area contributed by atoms with E-state index in [0.29, 0.717) is 49.1 Å². The summed E-state index contributed by atoms with van der Waals surface area (Å²) in [6.07, 6.45) is 3.62. The van der Waals surface area contributed by atoms with Gasteiger partial charge < -0.3 is 14.8 Å². The average Bonchev–Trinajstić information content (AvgIpc) is 3.60. The average molecular weight is 535 g/mol. The molecule has 200 valence electrons. The third-order valence-corrected chi connectivity index (χ3v) is 7.84. The van der Waals surface area contributed by atoms with Crippen molar-refractivity contribution in [3.8, 4) is 27.7 Å². The van der Waals surface area contributed by atoms with E-state index in [1.165, 1.54) is 0 Å². The molecule has 1 atom stereocenters. The summed E-state index contributed by atoms with van der Waals surface area (Å²) in [6.45, 7) is 12.7. The van der Waals surface area contributed by atoms with Gasteiger partial charge in [0, 0.05) is 35.8 Å². The molecule has 0 aromatic carbocycles. The molecule has 4 aromatic rings. The van der Waals surface area contributed by atoms with E-state index in [1.807, 2.05) is 29.8 Å². The van der Waals surface area contributed by atoms with Crippen LogP contribution < -0.4 is 10.1 Å². The molecule has 0 saturated carbocycles. The Hall–Kier alpha value is -3.34. The van der Waals surface area contributed by atoms with Crippen LogP contribution in [-0.4, -0.2) is 75.9 Å². The predicted octanol–water partition coefficient (Wildman–Crippen LogP) is 4.40. The minimum absolute atomic E-state index is 0.0547. The maximum atomic E-state index is 13.3. The van der Waals surface area contributed by atoms with Crippen LogP contribution in [0.25, 0.3) is 27.5 Å². The zero-order valence-corrected chi connectivity index (χ0v) is 23.1. The number of aromatic nitrogens is 4. The molecule has 0 aliphatic carbocycles. The lowest BCUT2D eigenvalue weighted by Crippen LogP contribution is -2.44. The van der Waals surface area contributed by atoms with Gasteiger partial charge >= 0.3 is 0 Å². The molecule has 9 nitrogen and oxygen atoms in total. The van der Waals surface area contributed by atoms with Gasteiger partial charge in [0.2, 0.25) is 5.88 Å². The van der Waals surface area contributed by atoms with E-state index in [1.54, 1.807) is 34.2 Å². The molecule has 4 aromatic heterocycles. The van der Waals surface area contributed by atoms with Crippen molar-refractivity contribution in [2.75, 3.05) is 39.5 Å². The smallest absolute Gasteiger partial charge is 0.251 e. The number of ether oxygens (including phenoxy) is 2. The number of nitrogens with zero attached hydrogens (tertiary/aromatic N) is 5. The molecular formula is C28H34N6O3S. The lowest BCUT2D eigenvalue weighted by atomic mass is 9.90. The molecule has 38 heavy (non-hydrogen) atoms. The second kappa shape index (κ2) is 11.2. The van der Waals surface area contributed by atoms with E-state index in [2.05, 4.69) is 43.0 Å². The number of hydrogen-bond donors (Lipinski definition) is 1. The Balaban J connectivity index is 1.47. The first-order valence-corrected chi connectivity index (χ1v) is 13.9. The Morgan fingerprint density at radius 2 is 2.05 bits per heavy atom. The Morgan fingerprint density at radius 3 is 2.74 bits per heavy atom. The van der Waals surface area contributed by atoms with Crippen LogP contribution in [0.15, 0.2) is 48.1 Å². The SMILES string of the molecule is CCN(CC)[C@@H](C)CNC(=O)c1cc(OCC2(C)COC2)nc(-c2cnn3ccc(-c4cccs4)nc23)c1. The fourth-order valence-corrected chi connectivity index (χ4v) is 5.26. The fraction of sp³-hybridized carbons (Fsp3) is 0.429. The summed E-state index contributed by atoms with van der Waals surface area (Å²) in [6, 6.07) is 9.71. The topological polar surface area (TPSA) is 93.9 Å². The van der Waals surface area contributed by atoms with E-state index in [4.69, 9.17) is 19.4 Å². The van der Waals surface area contributed by atoms with Crippen molar-refractivity contribution in [1.29, 1.82) is 0 Å². The van der Waals surface area contributed by atoms with Crippen LogP contribution in [0.3, 0.4) is 0 Å². The molecule has 0 radical (unpaired) electrons. The van der Waals surface area contributed by atoms with Crippen LogP contribution in [0, 0.1) is 5.41 Å². The summed E-state index contributed by atoms with van der Waals surface area (Å²) in [5.41, 5.74) is 3.29. The minimum Gasteiger partial charge on any atom is -0.477 e. The van der Waals surface area contributed by atoms with Crippen LogP contribution in [-0.2, 0) is 4.74 Å². The third kappa shape index (κ3) is 5.57. The van der Waals surface area contributed by atoms with Gasteiger partial charge in [-0.1, -0.05) is 26.8 Å². The molecule has 0 bridgehead atoms. The largest absolute Gasteiger partial charge is 0.477 e. The second-order valence-corrected chi connectivity index (χ2v) is 11.0. The Labute approximate surface area is 226 Å². The number of carbonyl (C=O) groups excluding carboxylic acids is 1. The molecule has 1 aliphatic rings. The monoisotopic (exact) mass is 534 g/mol. The molecule has 1 fully saturated rings. The van der Waals surface area contributed by atoms with Crippen LogP contribution in [0.2, 0.25) is 0 Å². The fourth-order valence-electron chi connectivity index (χ4n) is 4.56. The van der Waals surface area contributed by atoms with Crippen molar-refractivity contribution < 1.29 is 14.3 Å². The summed E-state index contributed by atoms with van der Waals surface area (Å²) < 4.78 is 13.2. The molecule has 0 spiro atoms. The quantitative estimate of drug-likeness (QED) is 0.305. The highest BCUT2D eigenvalue weighted by Crippen LogP contribution is 2.31. The molecule has 5 heterocycles. The molecule has 10 heteroatoms. The van der Waals surface area contributed by atoms with Crippen molar-refractivity contribution in [1.82, 2.24) is 29.8 Å². The van der Waals surface area contributed by atoms with Crippen molar-refractivity contribution in [2.45, 2.75) is 33.7 Å². The number of fused-ring (bicyclic) bond motifs is 1. The van der Waals surface area contributed by atoms with Crippen LogP contribution in [0.5, 0.6) is 5.88 Å². The van der Waals surface area contributed by atoms with Gasteiger partial charge in [0.05, 0.1) is 47.8 Å². The Morgan fingerprint density at radius 1 is 1.24 bits per heavy atom. The van der Waals surface area contributed by atoms with E-state index in [-0.39, 0.29) is 17.4 Å². The number of nitrogens with one attached hydrogen (secondary N) is 1. The molecule has 1 amide bonds. The highest BCUT2D eigenvalue weighted by atomic mass is 32.1. The molecule has 1 saturated heterocycles. The summed E-state index contributed by atoms with van der Waals surface area (Å²) in [4.78, 5) is 26.3. The molecular weight excluding hydrogens is 500 g/mol. The summed E-state index contributed by atoms with van der Waals surface area (Å²) in [5.74, 6) is 0.228. The maximum absolute atomic E-state index is 13.3. The van der Waals surface area contributed by atoms with Gasteiger partial charge in [-0.3, -0.25) is 9.69 Å². The van der Waals surface area contributed by atoms with Gasteiger partial charge in [0.15, 0.2) is 5.65 Å². The van der Waals surface area contributed by atoms with E-state index >= 15 is 0 Å². The first-order chi connectivity index (χ1) is 18.4. The molecule has 1 N–H and O–H groups in total. The summed E-state index contributed by atoms with van der Waals surface area (Å²) in [5, 5.41) is 9.60. The first kappa shape index (κ1) is 26.3. The van der Waals surface area contributed by atoms with Crippen molar-refractivity contribution in [2.24, 2.45) is 5.41 Å². The van der Waals surface area contributed by atoms with Gasteiger partial charge in [-0.05, 0) is 43.6 Å². The number of amides is 1. The molecule has 5 rings (SSSR count). The van der Waals surface area contributed by atoms with Crippen molar-refractivity contribution in [3.63, 3.8) is 0 Å². The number of pyridine rings is 1. The number of thiophene rings is 1. The van der Waals surface area contributed by atoms with Crippen molar-refractivity contribution in [3.05, 3.63) is 53.7 Å². The zero-order valence-electron chi connectivity index (χ0n) is 22.3. The van der Waals surface area contributed by atoms with E-state index in [0.717, 1.165) is 29.2 Å². The summed E-state index contributed by atoms with van der Waals surface area (Å²) >= 11 is 1.63. The van der Waals surface area contributed by atoms with Gasteiger partial charge in [-0.2, -0.15) is 5.10 Å². The van der Waals surface area contributed by atoms with Crippen molar-refractivity contribution >= 4 is 22.9 Å². The van der Waals surface area contributed by atoms with E-state index < -0.39 is 0 Å². The number of likely N-dealkylation sites (N-methyl/N-ethyl adjacent to an activating group) is 1. The number of hydrogen-bond acceptors (Lipinski definition) is 8. The van der Waals surface area contributed by atoms with Gasteiger partial charge in [0.1, 0.15) is 0 Å². The molecule has 0 unspecified atom stereocenters. The normalized spacial score (nSPS) is 15.4. The lowest BCUT2D eigenvalue weighted by Gasteiger charge is -2.37. The maximum Gasteiger partial charge on any atom is 0.251 e. The van der Waals surface area contributed by atoms with E-state index in [9.17, 15) is 4.79 Å². The first-order valence-electron chi connectivity index (χ1n) is 13.0. The minimum atomic E-state index is -0.167. The highest BCUT2D eigenvalue weighted by Gasteiger charge is 2.34. The number of carbonyl (C=O) groups is 1. The van der Waals surface area contributed by atoms with Crippen LogP contribution >= 0.6 is 11.3 Å². The standard InChI is InChI=1S/C28H34N6O3S/c1-5-33(6-2)19(3)14-29-27(35)20-12-23(31-25(13-20)37-18-28(4)16-36-17-28)21-15-30-34-10-9-22(32-26(21)34)24-8-7-11-38-24/h7-13,15,19H,5-6,14,16-18H2,1-4H3,(H,29,35)/t19-/m0/s1. The predicted molar refractivity (Wildman–Crippen MR) is 149 cm³/mol. The third-order valence-electron chi connectivity index (χ3n) is 6.95. The highest BCUT2D eigenvalue weighted by molar-refractivity contribution is 7.13. The molecule has 1 aliphatic heterocycles. The Kier molecular flexibility index (Phi) is 7.73. The van der Waals surface area contributed by atoms with Crippen LogP contribution in [0.1, 0.15) is 38.1 Å². The Bertz CT molecular complexity index is 1400. The van der Waals surface area contributed by atoms with Gasteiger partial charge in [0.25, 0.3) is 5.91 Å². The lowest BCUT2D eigenvalue weighted by molar-refractivity contribution is -0.120. The van der Waals surface area contributed by atoms with Crippen LogP contribution in [0.4, 0.5) is 0 Å². The zero-order chi connectivity index (χ0) is 26.7. The van der Waals surface area contributed by atoms with Gasteiger partial charge in [-0.15, -0.1) is 11.3 Å². The van der Waals surface area contributed by atoms with Gasteiger partial charge in [-0.25, -0.2) is 14.5 Å².